The molecule has 0 atom stereocenters. The topological polar surface area (TPSA) is 95.0 Å². The molecule has 0 spiro atoms. The van der Waals surface area contributed by atoms with Crippen molar-refractivity contribution in [1.82, 2.24) is 19.3 Å². The fourth-order valence-corrected chi connectivity index (χ4v) is 3.26. The molecule has 0 aliphatic heterocycles. The van der Waals surface area contributed by atoms with E-state index in [1.807, 2.05) is 43.3 Å². The van der Waals surface area contributed by atoms with Crippen LogP contribution in [0.2, 0.25) is 0 Å². The first-order valence-corrected chi connectivity index (χ1v) is 9.43. The Morgan fingerprint density at radius 3 is 2.66 bits per heavy atom. The molecule has 8 heteroatoms. The first-order valence-electron chi connectivity index (χ1n) is 9.43. The van der Waals surface area contributed by atoms with Gasteiger partial charge in [0.25, 0.3) is 0 Å². The van der Waals surface area contributed by atoms with E-state index in [1.54, 1.807) is 28.3 Å². The lowest BCUT2D eigenvalue weighted by molar-refractivity contribution is -0.116. The van der Waals surface area contributed by atoms with E-state index in [9.17, 15) is 9.59 Å². The minimum absolute atomic E-state index is 0.135. The monoisotopic (exact) mass is 391 g/mol. The predicted molar refractivity (Wildman–Crippen MR) is 110 cm³/mol. The summed E-state index contributed by atoms with van der Waals surface area (Å²) in [5.41, 5.74) is 2.90. The summed E-state index contributed by atoms with van der Waals surface area (Å²) in [6, 6.07) is 14.8. The zero-order valence-electron chi connectivity index (χ0n) is 16.3. The van der Waals surface area contributed by atoms with Crippen LogP contribution in [0.25, 0.3) is 22.5 Å². The summed E-state index contributed by atoms with van der Waals surface area (Å²) in [7, 11) is 1.73. The lowest BCUT2D eigenvalue weighted by atomic mass is 10.2. The molecule has 2 aromatic heterocycles. The number of imidazole rings is 1. The maximum Gasteiger partial charge on any atom is 0.328 e. The van der Waals surface area contributed by atoms with Crippen molar-refractivity contribution in [2.24, 2.45) is 7.05 Å². The fourth-order valence-electron chi connectivity index (χ4n) is 3.26. The van der Waals surface area contributed by atoms with Crippen LogP contribution in [0, 0.1) is 0 Å². The highest BCUT2D eigenvalue weighted by atomic mass is 16.4. The third-order valence-corrected chi connectivity index (χ3v) is 4.78. The van der Waals surface area contributed by atoms with Gasteiger partial charge >= 0.3 is 5.69 Å². The lowest BCUT2D eigenvalue weighted by Crippen LogP contribution is -2.24. The number of hydrogen-bond donors (Lipinski definition) is 1. The average molecular weight is 391 g/mol. The van der Waals surface area contributed by atoms with Crippen LogP contribution >= 0.6 is 0 Å². The molecule has 4 aromatic rings. The highest BCUT2D eigenvalue weighted by Crippen LogP contribution is 2.22. The van der Waals surface area contributed by atoms with E-state index in [1.165, 1.54) is 0 Å². The quantitative estimate of drug-likeness (QED) is 0.545. The number of carbonyl (C=O) groups is 1. The van der Waals surface area contributed by atoms with Gasteiger partial charge in [0.15, 0.2) is 0 Å². The molecule has 4 rings (SSSR count). The molecule has 0 radical (unpaired) electrons. The van der Waals surface area contributed by atoms with E-state index in [4.69, 9.17) is 4.42 Å². The van der Waals surface area contributed by atoms with Gasteiger partial charge in [0.2, 0.25) is 17.7 Å². The standard InChI is InChI=1S/C21H21N5O3/c1-3-19-23-24-20(29-19)14-7-6-8-15(13-14)22-18(27)11-12-26-17-10-5-4-9-16(17)25(2)21(26)28/h4-10,13H,3,11-12H2,1-2H3,(H,22,27). The summed E-state index contributed by atoms with van der Waals surface area (Å²) in [5, 5.41) is 10.9. The molecule has 0 bridgehead atoms. The molecule has 0 saturated carbocycles. The highest BCUT2D eigenvalue weighted by Gasteiger charge is 2.12. The van der Waals surface area contributed by atoms with Crippen LogP contribution in [-0.4, -0.2) is 25.2 Å². The number of amides is 1. The second kappa shape index (κ2) is 7.75. The van der Waals surface area contributed by atoms with Gasteiger partial charge in [-0.05, 0) is 30.3 Å². The van der Waals surface area contributed by atoms with Crippen LogP contribution in [0.3, 0.4) is 0 Å². The van der Waals surface area contributed by atoms with Crippen LogP contribution in [0.15, 0.2) is 57.7 Å². The predicted octanol–water partition coefficient (Wildman–Crippen LogP) is 2.98. The number of rotatable bonds is 6. The number of para-hydroxylation sites is 2. The zero-order chi connectivity index (χ0) is 20.4. The van der Waals surface area contributed by atoms with Crippen molar-refractivity contribution >= 4 is 22.6 Å². The van der Waals surface area contributed by atoms with E-state index in [0.29, 0.717) is 30.4 Å². The maximum atomic E-state index is 12.5. The third-order valence-electron chi connectivity index (χ3n) is 4.78. The second-order valence-corrected chi connectivity index (χ2v) is 6.72. The first kappa shape index (κ1) is 18.7. The van der Waals surface area contributed by atoms with Gasteiger partial charge in [-0.25, -0.2) is 4.79 Å². The van der Waals surface area contributed by atoms with Crippen molar-refractivity contribution in [3.8, 4) is 11.5 Å². The number of anilines is 1. The van der Waals surface area contributed by atoms with Crippen LogP contribution < -0.4 is 11.0 Å². The van der Waals surface area contributed by atoms with E-state index in [2.05, 4.69) is 15.5 Å². The Bertz CT molecular complexity index is 1230. The summed E-state index contributed by atoms with van der Waals surface area (Å²) in [6.07, 6.45) is 0.843. The molecular formula is C21H21N5O3. The normalized spacial score (nSPS) is 11.1. The molecule has 0 aliphatic rings. The smallest absolute Gasteiger partial charge is 0.328 e. The third kappa shape index (κ3) is 3.69. The SMILES string of the molecule is CCc1nnc(-c2cccc(NC(=O)CCn3c(=O)n(C)c4ccccc43)c2)o1. The van der Waals surface area contributed by atoms with E-state index in [-0.39, 0.29) is 18.0 Å². The molecule has 29 heavy (non-hydrogen) atoms. The molecule has 1 amide bonds. The molecule has 8 nitrogen and oxygen atoms in total. The summed E-state index contributed by atoms with van der Waals surface area (Å²) < 4.78 is 8.78. The Labute approximate surface area is 166 Å². The maximum absolute atomic E-state index is 12.5. The minimum atomic E-state index is -0.179. The summed E-state index contributed by atoms with van der Waals surface area (Å²) >= 11 is 0. The van der Waals surface area contributed by atoms with Gasteiger partial charge in [-0.1, -0.05) is 25.1 Å². The molecule has 2 aromatic carbocycles. The number of fused-ring (bicyclic) bond motifs is 1. The molecule has 0 saturated heterocycles. The largest absolute Gasteiger partial charge is 0.421 e. The van der Waals surface area contributed by atoms with Crippen LogP contribution in [-0.2, 0) is 24.8 Å². The molecule has 0 aliphatic carbocycles. The second-order valence-electron chi connectivity index (χ2n) is 6.72. The van der Waals surface area contributed by atoms with Gasteiger partial charge in [0.05, 0.1) is 11.0 Å². The summed E-state index contributed by atoms with van der Waals surface area (Å²) in [6.45, 7) is 2.24. The Morgan fingerprint density at radius 2 is 1.90 bits per heavy atom. The van der Waals surface area contributed by atoms with E-state index < -0.39 is 0 Å². The van der Waals surface area contributed by atoms with Crippen molar-refractivity contribution in [1.29, 1.82) is 0 Å². The number of aryl methyl sites for hydroxylation is 3. The van der Waals surface area contributed by atoms with Gasteiger partial charge in [0.1, 0.15) is 0 Å². The van der Waals surface area contributed by atoms with Gasteiger partial charge in [0, 0.05) is 37.7 Å². The van der Waals surface area contributed by atoms with Crippen molar-refractivity contribution in [2.75, 3.05) is 5.32 Å². The van der Waals surface area contributed by atoms with Crippen molar-refractivity contribution in [2.45, 2.75) is 26.3 Å². The van der Waals surface area contributed by atoms with Crippen molar-refractivity contribution in [3.63, 3.8) is 0 Å². The van der Waals surface area contributed by atoms with Gasteiger partial charge in [-0.3, -0.25) is 13.9 Å². The highest BCUT2D eigenvalue weighted by molar-refractivity contribution is 5.91. The minimum Gasteiger partial charge on any atom is -0.421 e. The van der Waals surface area contributed by atoms with E-state index in [0.717, 1.165) is 16.6 Å². The Hall–Kier alpha value is -3.68. The number of hydrogen-bond acceptors (Lipinski definition) is 5. The van der Waals surface area contributed by atoms with E-state index >= 15 is 0 Å². The molecular weight excluding hydrogens is 370 g/mol. The number of carbonyl (C=O) groups excluding carboxylic acids is 1. The number of nitrogens with zero attached hydrogens (tertiary/aromatic N) is 4. The molecule has 2 heterocycles. The molecule has 1 N–H and O–H groups in total. The van der Waals surface area contributed by atoms with Gasteiger partial charge in [-0.15, -0.1) is 10.2 Å². The van der Waals surface area contributed by atoms with Gasteiger partial charge in [-0.2, -0.15) is 0 Å². The lowest BCUT2D eigenvalue weighted by Gasteiger charge is -2.07. The average Bonchev–Trinajstić information content (AvgIpc) is 3.31. The number of aromatic nitrogens is 4. The van der Waals surface area contributed by atoms with Crippen LogP contribution in [0.5, 0.6) is 0 Å². The molecule has 148 valence electrons. The molecule has 0 unspecified atom stereocenters. The first-order chi connectivity index (χ1) is 14.1. The zero-order valence-corrected chi connectivity index (χ0v) is 16.3. The van der Waals surface area contributed by atoms with Crippen LogP contribution in [0.1, 0.15) is 19.2 Å². The Kier molecular flexibility index (Phi) is 4.99. The van der Waals surface area contributed by atoms with Crippen molar-refractivity contribution in [3.05, 3.63) is 64.9 Å². The Morgan fingerprint density at radius 1 is 1.10 bits per heavy atom. The number of nitrogens with one attached hydrogen (secondary N) is 1. The fraction of sp³-hybridized carbons (Fsp3) is 0.238. The van der Waals surface area contributed by atoms with Crippen LogP contribution in [0.4, 0.5) is 5.69 Å². The number of benzene rings is 2. The summed E-state index contributed by atoms with van der Waals surface area (Å²) in [5.74, 6) is 0.803. The summed E-state index contributed by atoms with van der Waals surface area (Å²) in [4.78, 5) is 24.9. The van der Waals surface area contributed by atoms with Crippen molar-refractivity contribution < 1.29 is 9.21 Å². The van der Waals surface area contributed by atoms with Gasteiger partial charge < -0.3 is 9.73 Å². The Balaban J connectivity index is 1.46. The molecule has 0 fully saturated rings.